The number of ether oxygens (including phenoxy) is 1. The molecule has 1 atom stereocenters. The van der Waals surface area contributed by atoms with E-state index in [1.54, 1.807) is 85.8 Å². The summed E-state index contributed by atoms with van der Waals surface area (Å²) in [6.45, 7) is 3.83. The number of amides is 3. The van der Waals surface area contributed by atoms with Crippen molar-refractivity contribution in [3.8, 4) is 5.75 Å². The van der Waals surface area contributed by atoms with E-state index in [2.05, 4.69) is 16.0 Å². The maximum absolute atomic E-state index is 13.4. The summed E-state index contributed by atoms with van der Waals surface area (Å²) in [6.07, 6.45) is -3.07. The van der Waals surface area contributed by atoms with Crippen molar-refractivity contribution in [1.82, 2.24) is 5.32 Å². The lowest BCUT2D eigenvalue weighted by molar-refractivity contribution is -0.137. The Morgan fingerprint density at radius 3 is 2.18 bits per heavy atom. The number of alkyl halides is 3. The number of anilines is 2. The van der Waals surface area contributed by atoms with Crippen LogP contribution in [0, 0.1) is 0 Å². The number of carbonyl (C=O) groups excluding carboxylic acids is 3. The molecule has 3 amide bonds. The van der Waals surface area contributed by atoms with E-state index < -0.39 is 34.7 Å². The van der Waals surface area contributed by atoms with Gasteiger partial charge in [-0.05, 0) is 74.5 Å². The molecule has 4 aromatic rings. The van der Waals surface area contributed by atoms with E-state index in [-0.39, 0.29) is 11.4 Å². The van der Waals surface area contributed by atoms with Crippen LogP contribution in [0.5, 0.6) is 5.75 Å². The third-order valence-corrected chi connectivity index (χ3v) is 7.44. The van der Waals surface area contributed by atoms with E-state index in [1.165, 1.54) is 24.3 Å². The van der Waals surface area contributed by atoms with Crippen molar-refractivity contribution in [2.24, 2.45) is 0 Å². The number of halogens is 3. The zero-order valence-corrected chi connectivity index (χ0v) is 25.2. The zero-order valence-electron chi connectivity index (χ0n) is 24.4. The molecule has 0 heterocycles. The van der Waals surface area contributed by atoms with Crippen molar-refractivity contribution < 1.29 is 32.3 Å². The first-order valence-electron chi connectivity index (χ1n) is 13.9. The van der Waals surface area contributed by atoms with Crippen molar-refractivity contribution in [2.45, 2.75) is 30.2 Å². The second kappa shape index (κ2) is 15.1. The quantitative estimate of drug-likeness (QED) is 0.117. The second-order valence-corrected chi connectivity index (χ2v) is 11.0. The molecule has 0 bridgehead atoms. The minimum absolute atomic E-state index is 0.0149. The normalized spacial score (nSPS) is 12.2. The summed E-state index contributed by atoms with van der Waals surface area (Å²) in [6, 6.07) is 27.0. The van der Waals surface area contributed by atoms with Gasteiger partial charge >= 0.3 is 6.18 Å². The van der Waals surface area contributed by atoms with Crippen molar-refractivity contribution in [2.75, 3.05) is 17.2 Å². The molecule has 1 unspecified atom stereocenters. The van der Waals surface area contributed by atoms with Crippen LogP contribution in [0.4, 0.5) is 24.5 Å². The Hall–Kier alpha value is -5.03. The summed E-state index contributed by atoms with van der Waals surface area (Å²) < 4.78 is 45.6. The van der Waals surface area contributed by atoms with Gasteiger partial charge < -0.3 is 20.7 Å². The molecule has 0 spiro atoms. The highest BCUT2D eigenvalue weighted by atomic mass is 32.2. The van der Waals surface area contributed by atoms with Crippen LogP contribution in [0.1, 0.15) is 35.3 Å². The molecule has 4 aromatic carbocycles. The van der Waals surface area contributed by atoms with Crippen LogP contribution in [0.2, 0.25) is 0 Å². The Bertz CT molecular complexity index is 1680. The van der Waals surface area contributed by atoms with Crippen molar-refractivity contribution in [1.29, 1.82) is 0 Å². The van der Waals surface area contributed by atoms with Crippen LogP contribution in [0.25, 0.3) is 6.08 Å². The lowest BCUT2D eigenvalue weighted by Gasteiger charge is -2.16. The molecule has 11 heteroatoms. The average Bonchev–Trinajstić information content (AvgIpc) is 3.02. The number of benzene rings is 4. The van der Waals surface area contributed by atoms with Gasteiger partial charge in [-0.15, -0.1) is 11.8 Å². The van der Waals surface area contributed by atoms with E-state index in [4.69, 9.17) is 4.74 Å². The van der Waals surface area contributed by atoms with Gasteiger partial charge in [0.2, 0.25) is 5.91 Å². The highest BCUT2D eigenvalue weighted by Crippen LogP contribution is 2.35. The SMILES string of the molecule is CCOc1ccccc1/C=C(\NC(=O)c1ccccc1)C(=O)Nc1ccc(SC(C)C(=O)Nc2ccccc2C(F)(F)F)cc1. The first-order chi connectivity index (χ1) is 21.5. The van der Waals surface area contributed by atoms with Crippen LogP contribution >= 0.6 is 11.8 Å². The lowest BCUT2D eigenvalue weighted by Crippen LogP contribution is -2.30. The van der Waals surface area contributed by atoms with Crippen LogP contribution in [0.3, 0.4) is 0 Å². The minimum Gasteiger partial charge on any atom is -0.493 e. The molecule has 0 aromatic heterocycles. The predicted molar refractivity (Wildman–Crippen MR) is 170 cm³/mol. The van der Waals surface area contributed by atoms with E-state index in [0.29, 0.717) is 34.1 Å². The Morgan fingerprint density at radius 2 is 1.49 bits per heavy atom. The second-order valence-electron chi connectivity index (χ2n) is 9.62. The average molecular weight is 634 g/mol. The fourth-order valence-electron chi connectivity index (χ4n) is 4.13. The number of rotatable bonds is 11. The number of hydrogen-bond acceptors (Lipinski definition) is 5. The van der Waals surface area contributed by atoms with Gasteiger partial charge in [0.1, 0.15) is 11.4 Å². The third-order valence-electron chi connectivity index (χ3n) is 6.33. The molecular formula is C34H30F3N3O4S. The number of thioether (sulfide) groups is 1. The van der Waals surface area contributed by atoms with Crippen LogP contribution in [0.15, 0.2) is 114 Å². The predicted octanol–water partition coefficient (Wildman–Crippen LogP) is 7.63. The Morgan fingerprint density at radius 1 is 0.844 bits per heavy atom. The summed E-state index contributed by atoms with van der Waals surface area (Å²) >= 11 is 1.14. The Balaban J connectivity index is 1.46. The molecule has 0 saturated carbocycles. The standard InChI is InChI=1S/C34H30F3N3O4S/c1-3-44-30-16-10-7-13-24(30)21-29(40-32(42)23-11-5-4-6-12-23)33(43)38-25-17-19-26(20-18-25)45-22(2)31(41)39-28-15-9-8-14-27(28)34(35,36)37/h4-22H,3H2,1-2H3,(H,38,43)(H,39,41)(H,40,42)/b29-21-. The lowest BCUT2D eigenvalue weighted by atomic mass is 10.1. The highest BCUT2D eigenvalue weighted by Gasteiger charge is 2.34. The molecule has 0 radical (unpaired) electrons. The minimum atomic E-state index is -4.60. The molecule has 7 nitrogen and oxygen atoms in total. The number of nitrogens with one attached hydrogen (secondary N) is 3. The first kappa shape index (κ1) is 32.9. The molecular weight excluding hydrogens is 603 g/mol. The van der Waals surface area contributed by atoms with E-state index in [0.717, 1.165) is 17.8 Å². The van der Waals surface area contributed by atoms with E-state index in [1.807, 2.05) is 6.92 Å². The molecule has 3 N–H and O–H groups in total. The van der Waals surface area contributed by atoms with Gasteiger partial charge in [-0.1, -0.05) is 48.5 Å². The van der Waals surface area contributed by atoms with Gasteiger partial charge in [-0.3, -0.25) is 14.4 Å². The highest BCUT2D eigenvalue weighted by molar-refractivity contribution is 8.00. The molecule has 0 aliphatic carbocycles. The molecule has 4 rings (SSSR count). The fraction of sp³-hybridized carbons (Fsp3) is 0.147. The van der Waals surface area contributed by atoms with Gasteiger partial charge in [-0.2, -0.15) is 13.2 Å². The summed E-state index contributed by atoms with van der Waals surface area (Å²) in [5, 5.41) is 7.10. The van der Waals surface area contributed by atoms with Gasteiger partial charge in [0, 0.05) is 21.7 Å². The maximum Gasteiger partial charge on any atom is 0.418 e. The molecule has 0 aliphatic rings. The molecule has 0 fully saturated rings. The molecule has 45 heavy (non-hydrogen) atoms. The van der Waals surface area contributed by atoms with Crippen LogP contribution < -0.4 is 20.7 Å². The fourth-order valence-corrected chi connectivity index (χ4v) is 5.00. The molecule has 0 saturated heterocycles. The first-order valence-corrected chi connectivity index (χ1v) is 14.8. The number of para-hydroxylation sites is 2. The van der Waals surface area contributed by atoms with Gasteiger partial charge in [-0.25, -0.2) is 0 Å². The number of hydrogen-bond donors (Lipinski definition) is 3. The summed E-state index contributed by atoms with van der Waals surface area (Å²) in [5.41, 5.74) is 0.126. The van der Waals surface area contributed by atoms with Crippen molar-refractivity contribution in [3.05, 3.63) is 126 Å². The molecule has 232 valence electrons. The summed E-state index contributed by atoms with van der Waals surface area (Å²) in [5.74, 6) is -1.10. The monoisotopic (exact) mass is 633 g/mol. The van der Waals surface area contributed by atoms with Crippen LogP contribution in [-0.4, -0.2) is 29.6 Å². The van der Waals surface area contributed by atoms with Gasteiger partial charge in [0.25, 0.3) is 11.8 Å². The molecule has 0 aliphatic heterocycles. The van der Waals surface area contributed by atoms with Crippen molar-refractivity contribution >= 4 is 46.9 Å². The maximum atomic E-state index is 13.4. The summed E-state index contributed by atoms with van der Waals surface area (Å²) in [7, 11) is 0. The zero-order chi connectivity index (χ0) is 32.4. The topological polar surface area (TPSA) is 96.5 Å². The van der Waals surface area contributed by atoms with Gasteiger partial charge in [0.05, 0.1) is 23.1 Å². The van der Waals surface area contributed by atoms with Crippen molar-refractivity contribution in [3.63, 3.8) is 0 Å². The summed E-state index contributed by atoms with van der Waals surface area (Å²) in [4.78, 5) is 39.7. The van der Waals surface area contributed by atoms with Gasteiger partial charge in [0.15, 0.2) is 0 Å². The van der Waals surface area contributed by atoms with E-state index in [9.17, 15) is 27.6 Å². The third kappa shape index (κ3) is 9.23. The van der Waals surface area contributed by atoms with E-state index >= 15 is 0 Å². The Labute approximate surface area is 262 Å². The number of carbonyl (C=O) groups is 3. The smallest absolute Gasteiger partial charge is 0.418 e. The Kier molecular flexibility index (Phi) is 11.0. The largest absolute Gasteiger partial charge is 0.493 e. The van der Waals surface area contributed by atoms with Crippen LogP contribution in [-0.2, 0) is 15.8 Å².